The van der Waals surface area contributed by atoms with E-state index >= 15 is 0 Å². The lowest BCUT2D eigenvalue weighted by molar-refractivity contribution is 0.660. The van der Waals surface area contributed by atoms with Crippen LogP contribution in [0.15, 0.2) is 218 Å². The number of hydrogen-bond acceptors (Lipinski definition) is 1. The second-order valence-corrected chi connectivity index (χ2v) is 20.8. The molecule has 10 aromatic carbocycles. The third-order valence-electron chi connectivity index (χ3n) is 16.8. The Morgan fingerprint density at radius 1 is 0.333 bits per heavy atom. The summed E-state index contributed by atoms with van der Waals surface area (Å²) < 4.78 is 2.53. The molecule has 1 aromatic heterocycles. The van der Waals surface area contributed by atoms with Crippen LogP contribution in [-0.4, -0.2) is 4.57 Å². The number of anilines is 3. The average molecular weight is 881 g/mol. The van der Waals surface area contributed by atoms with Crippen LogP contribution in [0.1, 0.15) is 72.2 Å². The van der Waals surface area contributed by atoms with Gasteiger partial charge in [-0.2, -0.15) is 0 Å². The quantitative estimate of drug-likeness (QED) is 0.171. The first-order chi connectivity index (χ1) is 33.8. The number of aromatic nitrogens is 1. The van der Waals surface area contributed by atoms with E-state index in [0.29, 0.717) is 0 Å². The molecule has 1 unspecified atom stereocenters. The number of rotatable bonds is 4. The van der Waals surface area contributed by atoms with Gasteiger partial charge in [0.15, 0.2) is 0 Å². The number of nitrogens with zero attached hydrogens (tertiary/aromatic N) is 2. The van der Waals surface area contributed by atoms with E-state index in [4.69, 9.17) is 0 Å². The predicted octanol–water partition coefficient (Wildman–Crippen LogP) is 17.2. The van der Waals surface area contributed by atoms with Gasteiger partial charge in [0, 0.05) is 38.5 Å². The fraction of sp³-hybridized carbons (Fsp3) is 0.104. The maximum Gasteiger partial charge on any atom is 0.0754 e. The van der Waals surface area contributed by atoms with Crippen LogP contribution in [0.4, 0.5) is 17.1 Å². The highest BCUT2D eigenvalue weighted by Crippen LogP contribution is 2.62. The van der Waals surface area contributed by atoms with Gasteiger partial charge in [0.05, 0.1) is 27.8 Å². The van der Waals surface area contributed by atoms with E-state index in [0.717, 1.165) is 17.1 Å². The molecule has 2 heterocycles. The predicted molar refractivity (Wildman–Crippen MR) is 287 cm³/mol. The Morgan fingerprint density at radius 2 is 0.841 bits per heavy atom. The Bertz CT molecular complexity index is 4050. The lowest BCUT2D eigenvalue weighted by atomic mass is 9.65. The molecular weight excluding hydrogens is 833 g/mol. The molecule has 0 bridgehead atoms. The van der Waals surface area contributed by atoms with E-state index in [1.165, 1.54) is 117 Å². The minimum absolute atomic E-state index is 0.0877. The van der Waals surface area contributed by atoms with Crippen LogP contribution in [0.5, 0.6) is 0 Å². The minimum Gasteiger partial charge on any atom is -0.310 e. The van der Waals surface area contributed by atoms with E-state index in [2.05, 4.69) is 256 Å². The first-order valence-electron chi connectivity index (χ1n) is 24.5. The molecule has 0 amide bonds. The van der Waals surface area contributed by atoms with Gasteiger partial charge in [0.1, 0.15) is 0 Å². The van der Waals surface area contributed by atoms with Crippen molar-refractivity contribution in [3.05, 3.63) is 263 Å². The highest BCUT2D eigenvalue weighted by molar-refractivity contribution is 6.13. The molecule has 0 saturated carbocycles. The standard InChI is InChI=1S/C67H48N2/c1-65(2)54-25-11-6-20-46(54)52-39-42(34-37-55(52)65)68(43-33-35-48-45-19-5-10-24-53(45)66(3,4)60(48)40-43)61-29-14-8-18-44(61)41-32-36-57-51(38-41)47-21-7-12-26-56(47)67(57)58-27-13-16-31-63(58)69-62-30-15-9-22-49(62)50-23-17-28-59(67)64(50)69/h5-40H,1-4H3. The smallest absolute Gasteiger partial charge is 0.0754 e. The van der Waals surface area contributed by atoms with Crippen LogP contribution in [0.25, 0.3) is 72.0 Å². The molecule has 69 heavy (non-hydrogen) atoms. The molecule has 15 rings (SSSR count). The summed E-state index contributed by atoms with van der Waals surface area (Å²) in [4.78, 5) is 2.53. The molecule has 0 N–H and O–H groups in total. The number of fused-ring (bicyclic) bond motifs is 18. The van der Waals surface area contributed by atoms with Crippen molar-refractivity contribution in [2.45, 2.75) is 43.9 Å². The molecule has 4 aliphatic rings. The van der Waals surface area contributed by atoms with Crippen LogP contribution in [0.2, 0.25) is 0 Å². The Kier molecular flexibility index (Phi) is 7.60. The van der Waals surface area contributed by atoms with Crippen molar-refractivity contribution >= 4 is 38.9 Å². The monoisotopic (exact) mass is 880 g/mol. The zero-order chi connectivity index (χ0) is 46.0. The first kappa shape index (κ1) is 38.9. The lowest BCUT2D eigenvalue weighted by Crippen LogP contribution is -2.33. The van der Waals surface area contributed by atoms with Crippen LogP contribution in [-0.2, 0) is 16.2 Å². The van der Waals surface area contributed by atoms with E-state index in [-0.39, 0.29) is 10.8 Å². The lowest BCUT2D eigenvalue weighted by Gasteiger charge is -2.39. The zero-order valence-electron chi connectivity index (χ0n) is 39.2. The summed E-state index contributed by atoms with van der Waals surface area (Å²) in [5.74, 6) is 0. The third-order valence-corrected chi connectivity index (χ3v) is 16.8. The molecule has 2 nitrogen and oxygen atoms in total. The number of benzene rings is 10. The van der Waals surface area contributed by atoms with Gasteiger partial charge in [-0.3, -0.25) is 0 Å². The van der Waals surface area contributed by atoms with Crippen LogP contribution in [0.3, 0.4) is 0 Å². The van der Waals surface area contributed by atoms with E-state index in [1.54, 1.807) is 0 Å². The normalized spacial score (nSPS) is 16.7. The Labute approximate surface area is 403 Å². The fourth-order valence-corrected chi connectivity index (χ4v) is 13.8. The maximum atomic E-state index is 2.53. The minimum atomic E-state index is -0.500. The molecule has 1 spiro atoms. The number of para-hydroxylation sites is 4. The van der Waals surface area contributed by atoms with Gasteiger partial charge < -0.3 is 9.47 Å². The fourth-order valence-electron chi connectivity index (χ4n) is 13.8. The van der Waals surface area contributed by atoms with Gasteiger partial charge in [0.2, 0.25) is 0 Å². The van der Waals surface area contributed by atoms with Gasteiger partial charge in [-0.25, -0.2) is 0 Å². The summed E-state index contributed by atoms with van der Waals surface area (Å²) in [6, 6.07) is 83.0. The van der Waals surface area contributed by atoms with Crippen LogP contribution >= 0.6 is 0 Å². The summed E-state index contributed by atoms with van der Waals surface area (Å²) in [5.41, 5.74) is 27.6. The summed E-state index contributed by atoms with van der Waals surface area (Å²) >= 11 is 0. The average Bonchev–Trinajstić information content (AvgIpc) is 4.04. The molecular formula is C67H48N2. The summed E-state index contributed by atoms with van der Waals surface area (Å²) in [5, 5.41) is 2.59. The Hall–Kier alpha value is -8.20. The van der Waals surface area contributed by atoms with Crippen LogP contribution in [0, 0.1) is 0 Å². The van der Waals surface area contributed by atoms with Gasteiger partial charge in [-0.15, -0.1) is 0 Å². The van der Waals surface area contributed by atoms with Crippen molar-refractivity contribution in [3.63, 3.8) is 0 Å². The van der Waals surface area contributed by atoms with E-state index in [1.807, 2.05) is 0 Å². The third kappa shape index (κ3) is 4.86. The van der Waals surface area contributed by atoms with E-state index < -0.39 is 5.41 Å². The van der Waals surface area contributed by atoms with Gasteiger partial charge in [0.25, 0.3) is 0 Å². The highest BCUT2D eigenvalue weighted by atomic mass is 15.1. The molecule has 326 valence electrons. The van der Waals surface area contributed by atoms with Crippen molar-refractivity contribution in [3.8, 4) is 50.2 Å². The van der Waals surface area contributed by atoms with Crippen molar-refractivity contribution in [2.75, 3.05) is 4.90 Å². The molecule has 1 atom stereocenters. The summed E-state index contributed by atoms with van der Waals surface area (Å²) in [6.45, 7) is 9.50. The molecule has 0 saturated heterocycles. The van der Waals surface area contributed by atoms with Gasteiger partial charge >= 0.3 is 0 Å². The Morgan fingerprint density at radius 3 is 1.64 bits per heavy atom. The zero-order valence-corrected chi connectivity index (χ0v) is 39.2. The van der Waals surface area contributed by atoms with E-state index in [9.17, 15) is 0 Å². The number of hydrogen-bond donors (Lipinski definition) is 0. The van der Waals surface area contributed by atoms with Crippen molar-refractivity contribution in [1.29, 1.82) is 0 Å². The van der Waals surface area contributed by atoms with Crippen molar-refractivity contribution < 1.29 is 0 Å². The summed E-state index contributed by atoms with van der Waals surface area (Å²) in [7, 11) is 0. The second kappa shape index (κ2) is 13.5. The Balaban J connectivity index is 0.962. The van der Waals surface area contributed by atoms with Crippen LogP contribution < -0.4 is 4.90 Å². The van der Waals surface area contributed by atoms with Gasteiger partial charge in [-0.1, -0.05) is 198 Å². The largest absolute Gasteiger partial charge is 0.310 e. The molecule has 3 aliphatic carbocycles. The SMILES string of the molecule is CC1(C)c2ccccc2-c2cc(N(c3ccc4c(c3)C(C)(C)c3ccccc3-4)c3ccccc3-c3ccc4c(c3)-c3ccccc3C43c4ccccc4-n4c5ccccc5c5cccc3c54)ccc21. The first-order valence-corrected chi connectivity index (χ1v) is 24.5. The highest BCUT2D eigenvalue weighted by Gasteiger charge is 2.51. The van der Waals surface area contributed by atoms with Crippen molar-refractivity contribution in [2.24, 2.45) is 0 Å². The summed E-state index contributed by atoms with van der Waals surface area (Å²) in [6.07, 6.45) is 0. The molecule has 1 aliphatic heterocycles. The molecule has 11 aromatic rings. The maximum absolute atomic E-state index is 2.53. The molecule has 0 fully saturated rings. The topological polar surface area (TPSA) is 8.17 Å². The second-order valence-electron chi connectivity index (χ2n) is 20.8. The van der Waals surface area contributed by atoms with Crippen molar-refractivity contribution in [1.82, 2.24) is 4.57 Å². The molecule has 2 heteroatoms. The molecule has 0 radical (unpaired) electrons. The van der Waals surface area contributed by atoms with Gasteiger partial charge in [-0.05, 0) is 132 Å².